The van der Waals surface area contributed by atoms with E-state index in [0.717, 1.165) is 24.2 Å². The highest BCUT2D eigenvalue weighted by Crippen LogP contribution is 2.37. The van der Waals surface area contributed by atoms with Crippen LogP contribution in [0.5, 0.6) is 0 Å². The molecule has 2 aliphatic heterocycles. The second-order valence-corrected chi connectivity index (χ2v) is 8.14. The van der Waals surface area contributed by atoms with E-state index >= 15 is 0 Å². The fourth-order valence-electron chi connectivity index (χ4n) is 4.57. The Balaban J connectivity index is 0.000000150. The average Bonchev–Trinajstić information content (AvgIpc) is 2.95. The second kappa shape index (κ2) is 11.7. The van der Waals surface area contributed by atoms with Gasteiger partial charge in [0.05, 0.1) is 11.4 Å². The van der Waals surface area contributed by atoms with Gasteiger partial charge in [0, 0.05) is 24.3 Å². The number of hydrogen-bond donors (Lipinski definition) is 0. The lowest BCUT2D eigenvalue weighted by molar-refractivity contribution is -0.0979. The number of carbonyl (C=O) groups is 1. The summed E-state index contributed by atoms with van der Waals surface area (Å²) >= 11 is 0. The van der Waals surface area contributed by atoms with Crippen LogP contribution in [0.3, 0.4) is 0 Å². The highest BCUT2D eigenvalue weighted by molar-refractivity contribution is 5.72. The molecule has 0 saturated heterocycles. The van der Waals surface area contributed by atoms with E-state index in [1.54, 1.807) is 0 Å². The first-order valence-corrected chi connectivity index (χ1v) is 11.5. The lowest BCUT2D eigenvalue weighted by atomic mass is 9.86. The van der Waals surface area contributed by atoms with Gasteiger partial charge in [-0.05, 0) is 47.2 Å². The molecule has 2 heterocycles. The van der Waals surface area contributed by atoms with Gasteiger partial charge in [0.1, 0.15) is 6.79 Å². The van der Waals surface area contributed by atoms with Crippen molar-refractivity contribution in [1.82, 2.24) is 0 Å². The summed E-state index contributed by atoms with van der Waals surface area (Å²) in [7, 11) is 0. The van der Waals surface area contributed by atoms with Crippen LogP contribution in [0.4, 0.5) is 11.4 Å². The van der Waals surface area contributed by atoms with Crippen LogP contribution in [0.15, 0.2) is 119 Å². The van der Waals surface area contributed by atoms with E-state index in [4.69, 9.17) is 4.79 Å². The lowest BCUT2D eigenvalue weighted by Crippen LogP contribution is -2.05. The van der Waals surface area contributed by atoms with Gasteiger partial charge in [-0.3, -0.25) is 9.98 Å². The average molecular weight is 445 g/mol. The molecule has 0 spiro atoms. The topological polar surface area (TPSA) is 41.8 Å². The van der Waals surface area contributed by atoms with Crippen LogP contribution in [0.25, 0.3) is 0 Å². The van der Waals surface area contributed by atoms with Gasteiger partial charge in [-0.25, -0.2) is 0 Å². The standard InChI is InChI=1S/2C15H13N.CH2O/c2*1-2-6-12(7-3-1)13-10-11-16-15-9-5-4-8-14(13)15;1-2/h2*1-9,11,13H,10H2;1H2. The summed E-state index contributed by atoms with van der Waals surface area (Å²) in [4.78, 5) is 16.9. The van der Waals surface area contributed by atoms with E-state index in [9.17, 15) is 0 Å². The van der Waals surface area contributed by atoms with E-state index in [0.29, 0.717) is 11.8 Å². The first-order valence-electron chi connectivity index (χ1n) is 11.5. The molecule has 0 amide bonds. The van der Waals surface area contributed by atoms with Crippen molar-refractivity contribution in [2.45, 2.75) is 24.7 Å². The van der Waals surface area contributed by atoms with Crippen molar-refractivity contribution < 1.29 is 4.79 Å². The van der Waals surface area contributed by atoms with Crippen molar-refractivity contribution in [1.29, 1.82) is 0 Å². The van der Waals surface area contributed by atoms with Crippen molar-refractivity contribution in [3.63, 3.8) is 0 Å². The highest BCUT2D eigenvalue weighted by atomic mass is 16.1. The molecule has 0 N–H and O–H groups in total. The quantitative estimate of drug-likeness (QED) is 0.313. The first-order chi connectivity index (χ1) is 16.9. The number of benzene rings is 4. The normalized spacial score (nSPS) is 17.2. The zero-order valence-electron chi connectivity index (χ0n) is 19.1. The van der Waals surface area contributed by atoms with E-state index in [-0.39, 0.29) is 0 Å². The van der Waals surface area contributed by atoms with Crippen LogP contribution < -0.4 is 0 Å². The molecular weight excluding hydrogens is 416 g/mol. The summed E-state index contributed by atoms with van der Waals surface area (Å²) in [6, 6.07) is 38.1. The zero-order valence-corrected chi connectivity index (χ0v) is 19.1. The molecule has 0 bridgehead atoms. The van der Waals surface area contributed by atoms with Crippen LogP contribution in [-0.2, 0) is 4.79 Å². The van der Waals surface area contributed by atoms with Crippen LogP contribution in [-0.4, -0.2) is 19.2 Å². The maximum absolute atomic E-state index is 8.00. The fraction of sp³-hybridized carbons (Fsp3) is 0.129. The third-order valence-electron chi connectivity index (χ3n) is 6.17. The maximum Gasteiger partial charge on any atom is 0.106 e. The number of rotatable bonds is 2. The van der Waals surface area contributed by atoms with Gasteiger partial charge in [-0.1, -0.05) is 97.1 Å². The van der Waals surface area contributed by atoms with Gasteiger partial charge in [0.15, 0.2) is 0 Å². The lowest BCUT2D eigenvalue weighted by Gasteiger charge is -2.21. The van der Waals surface area contributed by atoms with Gasteiger partial charge in [-0.2, -0.15) is 0 Å². The molecule has 4 aromatic carbocycles. The van der Waals surface area contributed by atoms with Gasteiger partial charge < -0.3 is 4.79 Å². The van der Waals surface area contributed by atoms with Gasteiger partial charge in [0.2, 0.25) is 0 Å². The molecule has 34 heavy (non-hydrogen) atoms. The molecule has 0 saturated carbocycles. The Morgan fingerprint density at radius 3 is 1.26 bits per heavy atom. The van der Waals surface area contributed by atoms with Crippen LogP contribution >= 0.6 is 0 Å². The summed E-state index contributed by atoms with van der Waals surface area (Å²) < 4.78 is 0. The van der Waals surface area contributed by atoms with Crippen LogP contribution in [0, 0.1) is 0 Å². The molecule has 6 rings (SSSR count). The molecule has 0 radical (unpaired) electrons. The SMILES string of the molecule is C1=Nc2ccccc2C(c2ccccc2)C1.C1=Nc2ccccc2C(c2ccccc2)C1.C=O. The van der Waals surface area contributed by atoms with Crippen molar-refractivity contribution in [3.8, 4) is 0 Å². The Labute approximate surface area is 201 Å². The Morgan fingerprint density at radius 2 is 0.853 bits per heavy atom. The predicted molar refractivity (Wildman–Crippen MR) is 142 cm³/mol. The number of para-hydroxylation sites is 2. The predicted octanol–water partition coefficient (Wildman–Crippen LogP) is 7.66. The maximum atomic E-state index is 8.00. The molecule has 3 nitrogen and oxygen atoms in total. The first kappa shape index (κ1) is 23.1. The molecule has 4 aromatic rings. The summed E-state index contributed by atoms with van der Waals surface area (Å²) in [6.45, 7) is 2.00. The van der Waals surface area contributed by atoms with E-state index in [1.165, 1.54) is 22.3 Å². The Morgan fingerprint density at radius 1 is 0.500 bits per heavy atom. The van der Waals surface area contributed by atoms with Crippen molar-refractivity contribution >= 4 is 30.6 Å². The minimum Gasteiger partial charge on any atom is -0.307 e. The van der Waals surface area contributed by atoms with E-state index in [1.807, 2.05) is 31.4 Å². The summed E-state index contributed by atoms with van der Waals surface area (Å²) in [6.07, 6.45) is 6.06. The molecule has 2 unspecified atom stereocenters. The summed E-state index contributed by atoms with van der Waals surface area (Å²) in [5.74, 6) is 0.935. The Kier molecular flexibility index (Phi) is 7.91. The van der Waals surface area contributed by atoms with Gasteiger partial charge in [-0.15, -0.1) is 0 Å². The minimum atomic E-state index is 0.467. The van der Waals surface area contributed by atoms with E-state index < -0.39 is 0 Å². The molecule has 168 valence electrons. The number of nitrogens with zero attached hydrogens (tertiary/aromatic N) is 2. The molecule has 0 aromatic heterocycles. The monoisotopic (exact) mass is 444 g/mol. The zero-order chi connectivity index (χ0) is 23.6. The third kappa shape index (κ3) is 5.26. The molecule has 0 fully saturated rings. The van der Waals surface area contributed by atoms with Crippen molar-refractivity contribution in [3.05, 3.63) is 131 Å². The van der Waals surface area contributed by atoms with Crippen LogP contribution in [0.2, 0.25) is 0 Å². The van der Waals surface area contributed by atoms with Crippen molar-refractivity contribution in [2.24, 2.45) is 9.98 Å². The van der Waals surface area contributed by atoms with Gasteiger partial charge >= 0.3 is 0 Å². The molecule has 3 heteroatoms. The minimum absolute atomic E-state index is 0.467. The highest BCUT2D eigenvalue weighted by Gasteiger charge is 2.19. The molecule has 0 aliphatic carbocycles. The smallest absolute Gasteiger partial charge is 0.106 e. The summed E-state index contributed by atoms with van der Waals surface area (Å²) in [5.41, 5.74) is 7.67. The fourth-order valence-corrected chi connectivity index (χ4v) is 4.57. The van der Waals surface area contributed by atoms with E-state index in [2.05, 4.69) is 107 Å². The molecule has 2 atom stereocenters. The van der Waals surface area contributed by atoms with Gasteiger partial charge in [0.25, 0.3) is 0 Å². The number of aliphatic imine (C=N–C) groups is 2. The molecular formula is C31H28N2O. The van der Waals surface area contributed by atoms with Crippen LogP contribution in [0.1, 0.15) is 46.9 Å². The Hall–Kier alpha value is -4.11. The molecule has 2 aliphatic rings. The number of carbonyl (C=O) groups excluding carboxylic acids is 1. The number of fused-ring (bicyclic) bond motifs is 2. The largest absolute Gasteiger partial charge is 0.307 e. The summed E-state index contributed by atoms with van der Waals surface area (Å²) in [5, 5.41) is 0. The third-order valence-corrected chi connectivity index (χ3v) is 6.17. The second-order valence-electron chi connectivity index (χ2n) is 8.14. The number of hydrogen-bond acceptors (Lipinski definition) is 3. The van der Waals surface area contributed by atoms with Crippen molar-refractivity contribution in [2.75, 3.05) is 0 Å². The Bertz CT molecular complexity index is 1150.